The molecule has 0 aliphatic carbocycles. The number of rotatable bonds is 5. The van der Waals surface area contributed by atoms with Gasteiger partial charge in [0.1, 0.15) is 5.82 Å². The summed E-state index contributed by atoms with van der Waals surface area (Å²) < 4.78 is 13.8. The third kappa shape index (κ3) is 5.45. The first-order chi connectivity index (χ1) is 33.3. The van der Waals surface area contributed by atoms with E-state index in [1.54, 1.807) is 0 Å². The van der Waals surface area contributed by atoms with Crippen LogP contribution in [0.25, 0.3) is 111 Å². The van der Waals surface area contributed by atoms with E-state index in [0.29, 0.717) is 0 Å². The molecular formula is C60H44N8. The molecule has 8 aromatic carbocycles. The SMILES string of the molecule is Cc1cccc2c1nc1n(-c3cc(C(C)(C)C)ccn3)c3cc4c(cc3n21)c1ccccc1n4-c1cccc(-n2[c-][n+](-c3ccccc3-n3c4ccccc4c4ccccc43)c3ccccc32)c1. The highest BCUT2D eigenvalue weighted by molar-refractivity contribution is 6.14. The van der Waals surface area contributed by atoms with Crippen molar-refractivity contribution in [2.45, 2.75) is 33.1 Å². The number of hydrogen-bond acceptors (Lipinski definition) is 2. The van der Waals surface area contributed by atoms with Gasteiger partial charge < -0.3 is 9.13 Å². The second kappa shape index (κ2) is 14.1. The molecular weight excluding hydrogens is 833 g/mol. The average Bonchev–Trinajstić information content (AvgIpc) is 4.17. The predicted molar refractivity (Wildman–Crippen MR) is 277 cm³/mol. The normalized spacial score (nSPS) is 12.4. The van der Waals surface area contributed by atoms with E-state index in [4.69, 9.17) is 9.97 Å². The van der Waals surface area contributed by atoms with Crippen molar-refractivity contribution in [3.05, 3.63) is 212 Å². The summed E-state index contributed by atoms with van der Waals surface area (Å²) in [6, 6.07) is 67.7. The van der Waals surface area contributed by atoms with Crippen molar-refractivity contribution in [1.29, 1.82) is 0 Å². The van der Waals surface area contributed by atoms with Crippen molar-refractivity contribution in [3.8, 4) is 28.6 Å². The fourth-order valence-corrected chi connectivity index (χ4v) is 10.8. The Balaban J connectivity index is 0.992. The van der Waals surface area contributed by atoms with Crippen molar-refractivity contribution >= 4 is 82.5 Å². The van der Waals surface area contributed by atoms with E-state index in [-0.39, 0.29) is 5.41 Å². The van der Waals surface area contributed by atoms with Crippen LogP contribution in [0.4, 0.5) is 0 Å². The molecule has 0 aliphatic rings. The van der Waals surface area contributed by atoms with Gasteiger partial charge >= 0.3 is 0 Å². The van der Waals surface area contributed by atoms with E-state index in [1.807, 2.05) is 6.20 Å². The molecule has 6 heterocycles. The van der Waals surface area contributed by atoms with Crippen LogP contribution in [0.3, 0.4) is 0 Å². The Morgan fingerprint density at radius 1 is 0.485 bits per heavy atom. The van der Waals surface area contributed by atoms with Crippen molar-refractivity contribution in [1.82, 2.24) is 32.6 Å². The summed E-state index contributed by atoms with van der Waals surface area (Å²) in [5, 5.41) is 4.81. The van der Waals surface area contributed by atoms with Crippen LogP contribution in [0.15, 0.2) is 194 Å². The second-order valence-electron chi connectivity index (χ2n) is 19.0. The topological polar surface area (TPSA) is 53.8 Å². The molecule has 8 heteroatoms. The number of fused-ring (bicyclic) bond motifs is 12. The number of aromatic nitrogens is 8. The van der Waals surface area contributed by atoms with E-state index in [9.17, 15) is 0 Å². The van der Waals surface area contributed by atoms with Gasteiger partial charge in [-0.25, -0.2) is 9.97 Å². The molecule has 14 rings (SSSR count). The minimum Gasteiger partial charge on any atom is -0.312 e. The molecule has 0 aliphatic heterocycles. The van der Waals surface area contributed by atoms with E-state index in [0.717, 1.165) is 84.0 Å². The van der Waals surface area contributed by atoms with Crippen LogP contribution in [0.5, 0.6) is 0 Å². The third-order valence-electron chi connectivity index (χ3n) is 14.0. The molecule has 0 saturated carbocycles. The first-order valence-corrected chi connectivity index (χ1v) is 23.3. The lowest BCUT2D eigenvalue weighted by molar-refractivity contribution is -0.572. The molecule has 0 radical (unpaired) electrons. The number of aryl methyl sites for hydroxylation is 1. The Morgan fingerprint density at radius 2 is 1.12 bits per heavy atom. The van der Waals surface area contributed by atoms with Crippen LogP contribution in [0.2, 0.25) is 0 Å². The molecule has 8 nitrogen and oxygen atoms in total. The maximum Gasteiger partial charge on any atom is 0.269 e. The fraction of sp³-hybridized carbons (Fsp3) is 0.0833. The zero-order valence-electron chi connectivity index (χ0n) is 38.1. The predicted octanol–water partition coefficient (Wildman–Crippen LogP) is 13.6. The lowest BCUT2D eigenvalue weighted by atomic mass is 9.88. The smallest absolute Gasteiger partial charge is 0.269 e. The van der Waals surface area contributed by atoms with Crippen LogP contribution >= 0.6 is 0 Å². The monoisotopic (exact) mass is 876 g/mol. The standard InChI is InChI=1S/C60H44N8/c1-38-17-15-30-53-58(38)62-59-67(53)55-35-45-44-22-7-8-23-46(44)65(54(45)36-56(55)68(59)57-33-39(31-32-61-57)60(2,3)4)41-19-16-18-40(34-41)63-37-64(50-27-12-11-26-49(50)63)51-28-13-14-29-52(51)66-47-24-9-5-20-42(47)43-21-6-10-25-48(43)66/h5-36H,1-4H3. The van der Waals surface area contributed by atoms with Crippen molar-refractivity contribution in [3.63, 3.8) is 0 Å². The van der Waals surface area contributed by atoms with Gasteiger partial charge in [0.25, 0.3) is 6.33 Å². The number of benzene rings is 8. The Morgan fingerprint density at radius 3 is 1.88 bits per heavy atom. The number of pyridine rings is 1. The molecule has 6 aromatic heterocycles. The van der Waals surface area contributed by atoms with Gasteiger partial charge in [0, 0.05) is 33.4 Å². The minimum atomic E-state index is -0.0597. The molecule has 0 fully saturated rings. The highest BCUT2D eigenvalue weighted by Gasteiger charge is 2.25. The lowest BCUT2D eigenvalue weighted by Crippen LogP contribution is -2.31. The highest BCUT2D eigenvalue weighted by Crippen LogP contribution is 2.40. The Hall–Kier alpha value is -8.75. The maximum absolute atomic E-state index is 5.35. The van der Waals surface area contributed by atoms with Crippen molar-refractivity contribution in [2.75, 3.05) is 0 Å². The van der Waals surface area contributed by atoms with E-state index < -0.39 is 0 Å². The maximum atomic E-state index is 5.35. The summed E-state index contributed by atoms with van der Waals surface area (Å²) in [6.07, 6.45) is 5.79. The van der Waals surface area contributed by atoms with Gasteiger partial charge in [0.05, 0.1) is 72.2 Å². The van der Waals surface area contributed by atoms with Gasteiger partial charge in [0.15, 0.2) is 0 Å². The Labute approximate surface area is 391 Å². The van der Waals surface area contributed by atoms with Gasteiger partial charge in [-0.05, 0) is 102 Å². The van der Waals surface area contributed by atoms with Crippen molar-refractivity contribution < 1.29 is 4.57 Å². The van der Waals surface area contributed by atoms with E-state index in [2.05, 4.69) is 249 Å². The lowest BCUT2D eigenvalue weighted by Gasteiger charge is -2.19. The van der Waals surface area contributed by atoms with Gasteiger partial charge in [-0.2, -0.15) is 0 Å². The van der Waals surface area contributed by atoms with Crippen molar-refractivity contribution in [2.24, 2.45) is 0 Å². The zero-order chi connectivity index (χ0) is 45.4. The summed E-state index contributed by atoms with van der Waals surface area (Å²) in [5.41, 5.74) is 17.3. The fourth-order valence-electron chi connectivity index (χ4n) is 10.8. The Bertz CT molecular complexity index is 4340. The summed E-state index contributed by atoms with van der Waals surface area (Å²) in [6.45, 7) is 8.88. The third-order valence-corrected chi connectivity index (χ3v) is 14.0. The molecule has 0 atom stereocenters. The Kier molecular flexibility index (Phi) is 8.00. The molecule has 68 heavy (non-hydrogen) atoms. The molecule has 0 amide bonds. The quantitative estimate of drug-likeness (QED) is 0.128. The molecule has 14 aromatic rings. The first-order valence-electron chi connectivity index (χ1n) is 23.3. The van der Waals surface area contributed by atoms with Gasteiger partial charge in [-0.1, -0.05) is 130 Å². The molecule has 0 unspecified atom stereocenters. The van der Waals surface area contributed by atoms with Gasteiger partial charge in [-0.15, -0.1) is 0 Å². The summed E-state index contributed by atoms with van der Waals surface area (Å²) in [5.74, 6) is 1.69. The van der Waals surface area contributed by atoms with Crippen LogP contribution in [-0.4, -0.2) is 32.6 Å². The number of imidazole rings is 3. The van der Waals surface area contributed by atoms with E-state index >= 15 is 0 Å². The summed E-state index contributed by atoms with van der Waals surface area (Å²) >= 11 is 0. The van der Waals surface area contributed by atoms with E-state index in [1.165, 1.54) is 38.1 Å². The molecule has 0 saturated heterocycles. The first kappa shape index (κ1) is 38.5. The zero-order valence-corrected chi connectivity index (χ0v) is 38.1. The minimum absolute atomic E-state index is 0.0597. The van der Waals surface area contributed by atoms with Gasteiger partial charge in [0.2, 0.25) is 5.78 Å². The largest absolute Gasteiger partial charge is 0.312 e. The summed E-state index contributed by atoms with van der Waals surface area (Å²) in [4.78, 5) is 10.4. The number of para-hydroxylation sites is 8. The highest BCUT2D eigenvalue weighted by atomic mass is 15.2. The molecule has 0 spiro atoms. The molecule has 0 bridgehead atoms. The number of hydrogen-bond donors (Lipinski definition) is 0. The molecule has 0 N–H and O–H groups in total. The van der Waals surface area contributed by atoms with Crippen LogP contribution < -0.4 is 4.57 Å². The second-order valence-corrected chi connectivity index (χ2v) is 19.0. The van der Waals surface area contributed by atoms with Crippen LogP contribution in [0, 0.1) is 13.3 Å². The average molecular weight is 877 g/mol. The van der Waals surface area contributed by atoms with Gasteiger partial charge in [-0.3, -0.25) is 18.1 Å². The van der Waals surface area contributed by atoms with Crippen LogP contribution in [0.1, 0.15) is 31.9 Å². The number of nitrogens with zero attached hydrogens (tertiary/aromatic N) is 8. The molecule has 324 valence electrons. The summed E-state index contributed by atoms with van der Waals surface area (Å²) in [7, 11) is 0. The van der Waals surface area contributed by atoms with Crippen LogP contribution in [-0.2, 0) is 5.41 Å².